The standard InChI is InChI=1S/C49H32O2/c1-3-15-35(16-4-1)49(36-17-5-2-6-18-36)43-24-12-14-26-47(43)51-48-32-34(27-29-44(48)49)38-20-8-10-22-40(38)39-21-9-7-19-37(39)33-28-30-46-42(31-33)41-23-11-13-25-45(41)50-46/h1-32H. The molecule has 51 heavy (non-hydrogen) atoms. The molecule has 0 bridgehead atoms. The predicted molar refractivity (Wildman–Crippen MR) is 208 cm³/mol. The van der Waals surface area contributed by atoms with Crippen molar-refractivity contribution in [1.29, 1.82) is 0 Å². The van der Waals surface area contributed by atoms with Crippen LogP contribution in [-0.4, -0.2) is 0 Å². The van der Waals surface area contributed by atoms with E-state index in [-0.39, 0.29) is 0 Å². The highest BCUT2D eigenvalue weighted by Gasteiger charge is 2.45. The Labute approximate surface area is 296 Å². The fraction of sp³-hybridized carbons (Fsp3) is 0.0204. The van der Waals surface area contributed by atoms with Gasteiger partial charge >= 0.3 is 0 Å². The molecule has 0 N–H and O–H groups in total. The maximum atomic E-state index is 6.84. The molecule has 0 unspecified atom stereocenters. The van der Waals surface area contributed by atoms with Gasteiger partial charge in [0.25, 0.3) is 0 Å². The van der Waals surface area contributed by atoms with Gasteiger partial charge in [-0.3, -0.25) is 0 Å². The molecule has 1 aliphatic rings. The zero-order valence-corrected chi connectivity index (χ0v) is 27.8. The van der Waals surface area contributed by atoms with Crippen LogP contribution in [0.1, 0.15) is 22.3 Å². The van der Waals surface area contributed by atoms with Gasteiger partial charge in [0.1, 0.15) is 22.7 Å². The van der Waals surface area contributed by atoms with Gasteiger partial charge in [-0.1, -0.05) is 164 Å². The van der Waals surface area contributed by atoms with Crippen LogP contribution in [0.4, 0.5) is 0 Å². The van der Waals surface area contributed by atoms with E-state index < -0.39 is 5.41 Å². The first-order valence-electron chi connectivity index (χ1n) is 17.4. The minimum Gasteiger partial charge on any atom is -0.457 e. The van der Waals surface area contributed by atoms with Crippen molar-refractivity contribution in [1.82, 2.24) is 0 Å². The fourth-order valence-corrected chi connectivity index (χ4v) is 8.21. The molecule has 1 aromatic heterocycles. The lowest BCUT2D eigenvalue weighted by Crippen LogP contribution is -2.34. The Morgan fingerprint density at radius 3 is 1.55 bits per heavy atom. The van der Waals surface area contributed by atoms with Gasteiger partial charge in [0.2, 0.25) is 0 Å². The highest BCUT2D eigenvalue weighted by molar-refractivity contribution is 6.07. The molecule has 2 heteroatoms. The second-order valence-corrected chi connectivity index (χ2v) is 13.2. The normalized spacial score (nSPS) is 13.0. The van der Waals surface area contributed by atoms with Crippen LogP contribution in [0.25, 0.3) is 55.3 Å². The largest absolute Gasteiger partial charge is 0.457 e. The summed E-state index contributed by atoms with van der Waals surface area (Å²) in [6, 6.07) is 69.1. The molecule has 0 saturated carbocycles. The molecule has 240 valence electrons. The van der Waals surface area contributed by atoms with Crippen LogP contribution in [0.15, 0.2) is 199 Å². The van der Waals surface area contributed by atoms with Gasteiger partial charge in [0.05, 0.1) is 5.41 Å². The van der Waals surface area contributed by atoms with E-state index in [2.05, 4.69) is 182 Å². The highest BCUT2D eigenvalue weighted by Crippen LogP contribution is 2.56. The van der Waals surface area contributed by atoms with Crippen molar-refractivity contribution in [2.45, 2.75) is 5.41 Å². The molecule has 2 nitrogen and oxygen atoms in total. The summed E-state index contributed by atoms with van der Waals surface area (Å²) in [4.78, 5) is 0. The Balaban J connectivity index is 1.15. The molecule has 0 spiro atoms. The summed E-state index contributed by atoms with van der Waals surface area (Å²) in [5, 5.41) is 2.25. The van der Waals surface area contributed by atoms with Crippen LogP contribution < -0.4 is 4.74 Å². The van der Waals surface area contributed by atoms with Gasteiger partial charge in [-0.05, 0) is 74.8 Å². The van der Waals surface area contributed by atoms with Crippen molar-refractivity contribution in [3.8, 4) is 44.9 Å². The van der Waals surface area contributed by atoms with Crippen LogP contribution in [-0.2, 0) is 5.41 Å². The number of fused-ring (bicyclic) bond motifs is 5. The molecule has 9 aromatic rings. The van der Waals surface area contributed by atoms with Crippen molar-refractivity contribution in [3.63, 3.8) is 0 Å². The van der Waals surface area contributed by atoms with Crippen molar-refractivity contribution >= 4 is 21.9 Å². The number of hydrogen-bond donors (Lipinski definition) is 0. The number of hydrogen-bond acceptors (Lipinski definition) is 2. The SMILES string of the molecule is c1ccc(C2(c3ccccc3)c3ccccc3Oc3cc(-c4ccccc4-c4ccccc4-c4ccc5oc6ccccc6c5c4)ccc32)cc1. The molecule has 0 radical (unpaired) electrons. The highest BCUT2D eigenvalue weighted by atomic mass is 16.5. The molecule has 1 aliphatic heterocycles. The van der Waals surface area contributed by atoms with E-state index in [0.29, 0.717) is 0 Å². The van der Waals surface area contributed by atoms with Crippen molar-refractivity contribution in [2.75, 3.05) is 0 Å². The molecule has 10 rings (SSSR count). The fourth-order valence-electron chi connectivity index (χ4n) is 8.21. The van der Waals surface area contributed by atoms with Crippen molar-refractivity contribution in [2.24, 2.45) is 0 Å². The molecular weight excluding hydrogens is 621 g/mol. The molecule has 0 aliphatic carbocycles. The zero-order chi connectivity index (χ0) is 33.8. The molecule has 0 fully saturated rings. The Kier molecular flexibility index (Phi) is 6.75. The maximum Gasteiger partial charge on any atom is 0.135 e. The average Bonchev–Trinajstić information content (AvgIpc) is 3.58. The van der Waals surface area contributed by atoms with Crippen LogP contribution >= 0.6 is 0 Å². The number of para-hydroxylation sites is 2. The summed E-state index contributed by atoms with van der Waals surface area (Å²) in [6.45, 7) is 0. The summed E-state index contributed by atoms with van der Waals surface area (Å²) in [5.74, 6) is 1.73. The number of rotatable bonds is 5. The predicted octanol–water partition coefficient (Wildman–Crippen LogP) is 13.1. The molecular formula is C49H32O2. The first-order valence-corrected chi connectivity index (χ1v) is 17.4. The molecule has 2 heterocycles. The van der Waals surface area contributed by atoms with Crippen LogP contribution in [0.2, 0.25) is 0 Å². The Morgan fingerprint density at radius 2 is 0.843 bits per heavy atom. The minimum atomic E-state index is -0.548. The second-order valence-electron chi connectivity index (χ2n) is 13.2. The molecule has 0 atom stereocenters. The zero-order valence-electron chi connectivity index (χ0n) is 27.8. The smallest absolute Gasteiger partial charge is 0.135 e. The first kappa shape index (κ1) is 29.3. The quantitative estimate of drug-likeness (QED) is 0.185. The lowest BCUT2D eigenvalue weighted by molar-refractivity contribution is 0.435. The summed E-state index contributed by atoms with van der Waals surface area (Å²) in [6.07, 6.45) is 0. The van der Waals surface area contributed by atoms with Crippen molar-refractivity contribution in [3.05, 3.63) is 216 Å². The minimum absolute atomic E-state index is 0.548. The average molecular weight is 653 g/mol. The van der Waals surface area contributed by atoms with Gasteiger partial charge in [-0.15, -0.1) is 0 Å². The van der Waals surface area contributed by atoms with E-state index in [1.807, 2.05) is 12.1 Å². The van der Waals surface area contributed by atoms with E-state index in [9.17, 15) is 0 Å². The molecule has 8 aromatic carbocycles. The van der Waals surface area contributed by atoms with Crippen molar-refractivity contribution < 1.29 is 9.15 Å². The van der Waals surface area contributed by atoms with Gasteiger partial charge in [0, 0.05) is 21.9 Å². The van der Waals surface area contributed by atoms with Gasteiger partial charge in [-0.25, -0.2) is 0 Å². The Hall–Kier alpha value is -6.64. The number of benzene rings is 8. The Morgan fingerprint density at radius 1 is 0.333 bits per heavy atom. The summed E-state index contributed by atoms with van der Waals surface area (Å²) in [5.41, 5.74) is 12.8. The third-order valence-corrected chi connectivity index (χ3v) is 10.5. The molecule has 0 saturated heterocycles. The van der Waals surface area contributed by atoms with Gasteiger partial charge < -0.3 is 9.15 Å². The number of furan rings is 1. The van der Waals surface area contributed by atoms with Crippen LogP contribution in [0, 0.1) is 0 Å². The third-order valence-electron chi connectivity index (χ3n) is 10.5. The summed E-state index contributed by atoms with van der Waals surface area (Å²) in [7, 11) is 0. The summed E-state index contributed by atoms with van der Waals surface area (Å²) < 4.78 is 13.0. The third kappa shape index (κ3) is 4.57. The molecule has 0 amide bonds. The van der Waals surface area contributed by atoms with Gasteiger partial charge in [-0.2, -0.15) is 0 Å². The monoisotopic (exact) mass is 652 g/mol. The summed E-state index contributed by atoms with van der Waals surface area (Å²) >= 11 is 0. The topological polar surface area (TPSA) is 22.4 Å². The number of ether oxygens (including phenoxy) is 1. The van der Waals surface area contributed by atoms with E-state index in [1.165, 1.54) is 27.8 Å². The van der Waals surface area contributed by atoms with Gasteiger partial charge in [0.15, 0.2) is 0 Å². The lowest BCUT2D eigenvalue weighted by Gasteiger charge is -2.41. The first-order chi connectivity index (χ1) is 25.3. The van der Waals surface area contributed by atoms with E-state index in [0.717, 1.165) is 61.3 Å². The van der Waals surface area contributed by atoms with E-state index in [4.69, 9.17) is 9.15 Å². The van der Waals surface area contributed by atoms with Crippen LogP contribution in [0.5, 0.6) is 11.5 Å². The van der Waals surface area contributed by atoms with E-state index >= 15 is 0 Å². The second kappa shape index (κ2) is 11.8. The van der Waals surface area contributed by atoms with Crippen LogP contribution in [0.3, 0.4) is 0 Å². The lowest BCUT2D eigenvalue weighted by atomic mass is 9.63. The van der Waals surface area contributed by atoms with E-state index in [1.54, 1.807) is 0 Å². The maximum absolute atomic E-state index is 6.84. The Bertz CT molecular complexity index is 2680.